The van der Waals surface area contributed by atoms with Gasteiger partial charge in [-0.05, 0) is 48.1 Å². The van der Waals surface area contributed by atoms with Crippen LogP contribution in [0.15, 0.2) is 48.5 Å². The lowest BCUT2D eigenvalue weighted by Crippen LogP contribution is -2.05. The lowest BCUT2D eigenvalue weighted by Gasteiger charge is -2.06. The van der Waals surface area contributed by atoms with Gasteiger partial charge in [0.15, 0.2) is 23.0 Å². The van der Waals surface area contributed by atoms with Crippen LogP contribution in [-0.4, -0.2) is 43.8 Å². The number of carbonyl (C=O) groups is 4. The fourth-order valence-corrected chi connectivity index (χ4v) is 5.03. The topological polar surface area (TPSA) is 163 Å². The largest absolute Gasteiger partial charge is 0.422 e. The van der Waals surface area contributed by atoms with Gasteiger partial charge in [0, 0.05) is 33.3 Å². The SMILES string of the molecule is CC(=O)Oc1c2nc(c(OC(C)=O)c3cc(-c4ccccc4)c([nH]3)c(OC(C)=O)c3nc(c(OC(C)=O)c4ccc1[nH]4)C=C3)C=C2. The second-order valence-corrected chi connectivity index (χ2v) is 10.2. The van der Waals surface area contributed by atoms with E-state index in [2.05, 4.69) is 15.0 Å². The van der Waals surface area contributed by atoms with E-state index in [1.54, 1.807) is 42.5 Å². The lowest BCUT2D eigenvalue weighted by atomic mass is 10.1. The molecule has 12 nitrogen and oxygen atoms in total. The van der Waals surface area contributed by atoms with Crippen molar-refractivity contribution < 1.29 is 38.1 Å². The van der Waals surface area contributed by atoms with Gasteiger partial charge in [-0.3, -0.25) is 19.2 Å². The van der Waals surface area contributed by atoms with Gasteiger partial charge in [-0.15, -0.1) is 0 Å². The molecule has 0 saturated heterocycles. The number of aromatic amines is 2. The summed E-state index contributed by atoms with van der Waals surface area (Å²) in [5.41, 5.74) is 3.71. The molecular weight excluding hydrogens is 592 g/mol. The molecule has 3 aromatic heterocycles. The predicted octanol–water partition coefficient (Wildman–Crippen LogP) is 6.02. The third-order valence-electron chi connectivity index (χ3n) is 6.74. The Morgan fingerprint density at radius 1 is 0.522 bits per heavy atom. The van der Waals surface area contributed by atoms with Crippen LogP contribution >= 0.6 is 0 Å². The summed E-state index contributed by atoms with van der Waals surface area (Å²) in [4.78, 5) is 65.0. The summed E-state index contributed by atoms with van der Waals surface area (Å²) in [6.07, 6.45) is 6.44. The Morgan fingerprint density at radius 2 is 0.935 bits per heavy atom. The Morgan fingerprint density at radius 3 is 1.39 bits per heavy atom. The Labute approximate surface area is 261 Å². The van der Waals surface area contributed by atoms with Crippen molar-refractivity contribution in [2.75, 3.05) is 0 Å². The van der Waals surface area contributed by atoms with Gasteiger partial charge in [0.05, 0.1) is 22.1 Å². The number of aromatic nitrogens is 4. The summed E-state index contributed by atoms with van der Waals surface area (Å²) in [5.74, 6) is -2.10. The molecule has 5 heterocycles. The number of hydrogen-bond donors (Lipinski definition) is 2. The molecule has 0 radical (unpaired) electrons. The Kier molecular flexibility index (Phi) is 7.76. The van der Waals surface area contributed by atoms with Crippen LogP contribution in [0.1, 0.15) is 50.5 Å². The highest BCUT2D eigenvalue weighted by Crippen LogP contribution is 2.40. The fourth-order valence-electron chi connectivity index (χ4n) is 5.03. The minimum Gasteiger partial charge on any atom is -0.422 e. The highest BCUT2D eigenvalue weighted by molar-refractivity contribution is 5.97. The maximum atomic E-state index is 12.5. The molecule has 0 saturated carbocycles. The van der Waals surface area contributed by atoms with E-state index in [1.165, 1.54) is 27.7 Å². The number of nitrogens with one attached hydrogen (secondary N) is 2. The number of benzene rings is 1. The van der Waals surface area contributed by atoms with Crippen molar-refractivity contribution in [1.82, 2.24) is 19.9 Å². The monoisotopic (exact) mass is 618 g/mol. The summed E-state index contributed by atoms with van der Waals surface area (Å²) in [6.45, 7) is 5.04. The van der Waals surface area contributed by atoms with Gasteiger partial charge in [0.25, 0.3) is 0 Å². The number of hydrogen-bond acceptors (Lipinski definition) is 10. The Balaban J connectivity index is 1.85. The van der Waals surface area contributed by atoms with Crippen molar-refractivity contribution in [2.45, 2.75) is 27.7 Å². The van der Waals surface area contributed by atoms with Gasteiger partial charge < -0.3 is 28.9 Å². The molecule has 0 spiro atoms. The molecule has 0 aliphatic carbocycles. The molecule has 2 aliphatic heterocycles. The zero-order valence-electron chi connectivity index (χ0n) is 25.1. The average Bonchev–Trinajstić information content (AvgIpc) is 3.82. The lowest BCUT2D eigenvalue weighted by molar-refractivity contribution is -0.132. The fraction of sp³-hybridized carbons (Fsp3) is 0.118. The summed E-state index contributed by atoms with van der Waals surface area (Å²) >= 11 is 0. The molecule has 0 amide bonds. The summed E-state index contributed by atoms with van der Waals surface area (Å²) in [6, 6.07) is 14.3. The maximum Gasteiger partial charge on any atom is 0.308 e. The summed E-state index contributed by atoms with van der Waals surface area (Å²) < 4.78 is 22.6. The highest BCUT2D eigenvalue weighted by atomic mass is 16.5. The van der Waals surface area contributed by atoms with Crippen molar-refractivity contribution in [2.24, 2.45) is 0 Å². The van der Waals surface area contributed by atoms with Crippen LogP contribution < -0.4 is 18.9 Å². The molecule has 6 rings (SSSR count). The zero-order chi connectivity index (χ0) is 32.5. The minimum absolute atomic E-state index is 0.0763. The molecule has 0 atom stereocenters. The van der Waals surface area contributed by atoms with E-state index in [4.69, 9.17) is 23.9 Å². The van der Waals surface area contributed by atoms with Gasteiger partial charge in [-0.2, -0.15) is 0 Å². The first kappa shape index (κ1) is 29.8. The third kappa shape index (κ3) is 5.91. The van der Waals surface area contributed by atoms with Crippen molar-refractivity contribution in [3.63, 3.8) is 0 Å². The van der Waals surface area contributed by atoms with E-state index in [9.17, 15) is 19.2 Å². The summed E-state index contributed by atoms with van der Waals surface area (Å²) in [7, 11) is 0. The molecule has 1 aromatic carbocycles. The van der Waals surface area contributed by atoms with Crippen molar-refractivity contribution in [3.05, 3.63) is 71.3 Å². The molecule has 4 aromatic rings. The Hall–Kier alpha value is -6.30. The average molecular weight is 619 g/mol. The maximum absolute atomic E-state index is 12.5. The normalized spacial score (nSPS) is 11.7. The predicted molar refractivity (Wildman–Crippen MR) is 170 cm³/mol. The summed E-state index contributed by atoms with van der Waals surface area (Å²) in [5, 5.41) is 0. The molecule has 0 unspecified atom stereocenters. The van der Waals surface area contributed by atoms with E-state index in [0.29, 0.717) is 27.6 Å². The minimum atomic E-state index is -0.609. The number of nitrogens with zero attached hydrogens (tertiary/aromatic N) is 2. The van der Waals surface area contributed by atoms with E-state index >= 15 is 0 Å². The van der Waals surface area contributed by atoms with Crippen molar-refractivity contribution in [3.8, 4) is 34.1 Å². The van der Waals surface area contributed by atoms with Crippen LogP contribution in [0.5, 0.6) is 23.0 Å². The van der Waals surface area contributed by atoms with E-state index < -0.39 is 23.9 Å². The third-order valence-corrected chi connectivity index (χ3v) is 6.74. The van der Waals surface area contributed by atoms with Crippen LogP contribution in [0.4, 0.5) is 0 Å². The molecule has 46 heavy (non-hydrogen) atoms. The molecule has 230 valence electrons. The van der Waals surface area contributed by atoms with Gasteiger partial charge in [0.1, 0.15) is 22.8 Å². The number of fused-ring (bicyclic) bond motifs is 8. The van der Waals surface area contributed by atoms with Crippen LogP contribution in [-0.2, 0) is 19.2 Å². The van der Waals surface area contributed by atoms with E-state index in [0.717, 1.165) is 5.56 Å². The van der Waals surface area contributed by atoms with Crippen LogP contribution in [0, 0.1) is 0 Å². The second-order valence-electron chi connectivity index (χ2n) is 10.2. The first-order chi connectivity index (χ1) is 22.1. The van der Waals surface area contributed by atoms with E-state index in [1.807, 2.05) is 30.3 Å². The van der Waals surface area contributed by atoms with Crippen LogP contribution in [0.3, 0.4) is 0 Å². The van der Waals surface area contributed by atoms with Gasteiger partial charge in [-0.25, -0.2) is 9.97 Å². The number of esters is 4. The smallest absolute Gasteiger partial charge is 0.308 e. The molecule has 2 aliphatic rings. The molecule has 0 fully saturated rings. The van der Waals surface area contributed by atoms with Crippen molar-refractivity contribution in [1.29, 1.82) is 0 Å². The Bertz CT molecular complexity index is 2170. The molecule has 2 N–H and O–H groups in total. The molecule has 12 heteroatoms. The van der Waals surface area contributed by atoms with Gasteiger partial charge in [-0.1, -0.05) is 30.3 Å². The van der Waals surface area contributed by atoms with Crippen molar-refractivity contribution >= 4 is 70.2 Å². The van der Waals surface area contributed by atoms with Gasteiger partial charge >= 0.3 is 23.9 Å². The number of H-pyrrole nitrogens is 2. The van der Waals surface area contributed by atoms with Gasteiger partial charge in [0.2, 0.25) is 0 Å². The first-order valence-corrected chi connectivity index (χ1v) is 14.1. The number of rotatable bonds is 5. The molecular formula is C34H26N4O8. The highest BCUT2D eigenvalue weighted by Gasteiger charge is 2.22. The molecule has 8 bridgehead atoms. The number of carbonyl (C=O) groups excluding carboxylic acids is 4. The van der Waals surface area contributed by atoms with E-state index in [-0.39, 0.29) is 45.8 Å². The number of ether oxygens (including phenoxy) is 4. The first-order valence-electron chi connectivity index (χ1n) is 14.1. The standard InChI is InChI=1S/C34H26N4O8/c1-17(39)43-31-23-10-11-24(35-23)32(44-18(2)40)26-14-15-28(37-26)34(46-20(4)42)30-22(21-8-6-5-7-9-21)16-29(38-30)33(45-19(3)41)27-13-12-25(31)36-27/h5-16,35,38H,1-4H3. The second kappa shape index (κ2) is 12.0. The quantitative estimate of drug-likeness (QED) is 0.218. The van der Waals surface area contributed by atoms with Crippen LogP contribution in [0.25, 0.3) is 57.5 Å². The zero-order valence-corrected chi connectivity index (χ0v) is 25.1. The van der Waals surface area contributed by atoms with Crippen LogP contribution in [0.2, 0.25) is 0 Å².